The fraction of sp³-hybridized carbons (Fsp3) is 0.333. The largest absolute Gasteiger partial charge is 0.351 e. The van der Waals surface area contributed by atoms with Crippen LogP contribution in [0.3, 0.4) is 0 Å². The first-order valence-corrected chi connectivity index (χ1v) is 8.69. The summed E-state index contributed by atoms with van der Waals surface area (Å²) in [6.07, 6.45) is 1.37. The van der Waals surface area contributed by atoms with Crippen molar-refractivity contribution < 1.29 is 14.0 Å². The zero-order valence-corrected chi connectivity index (χ0v) is 14.5. The quantitative estimate of drug-likeness (QED) is 0.798. The fourth-order valence-electron chi connectivity index (χ4n) is 3.42. The zero-order chi connectivity index (χ0) is 19.0. The molecular weight excluding hydrogens is 351 g/mol. The summed E-state index contributed by atoms with van der Waals surface area (Å²) in [5.41, 5.74) is 2.35. The van der Waals surface area contributed by atoms with Gasteiger partial charge in [0.15, 0.2) is 0 Å². The Balaban J connectivity index is 1.54. The first kappa shape index (κ1) is 17.0. The molecule has 0 saturated carbocycles. The molecule has 2 aromatic rings. The minimum atomic E-state index is -0.633. The smallest absolute Gasteiger partial charge is 0.322 e. The maximum absolute atomic E-state index is 13.4. The van der Waals surface area contributed by atoms with Crippen molar-refractivity contribution in [2.24, 2.45) is 0 Å². The molecule has 0 bridgehead atoms. The third-order valence-corrected chi connectivity index (χ3v) is 4.77. The first-order chi connectivity index (χ1) is 13.1. The molecule has 8 nitrogen and oxygen atoms in total. The highest BCUT2D eigenvalue weighted by atomic mass is 19.1. The number of aromatic nitrogens is 2. The summed E-state index contributed by atoms with van der Waals surface area (Å²) >= 11 is 0. The monoisotopic (exact) mass is 368 g/mol. The summed E-state index contributed by atoms with van der Waals surface area (Å²) in [6.45, 7) is 2.01. The van der Waals surface area contributed by atoms with Crippen LogP contribution in [0.25, 0.3) is 0 Å². The maximum atomic E-state index is 13.4. The van der Waals surface area contributed by atoms with Crippen LogP contribution in [0.5, 0.6) is 0 Å². The predicted octanol–water partition coefficient (Wildman–Crippen LogP) is 1.62. The van der Waals surface area contributed by atoms with Gasteiger partial charge in [-0.2, -0.15) is 10.4 Å². The number of aryl methyl sites for hydroxylation is 1. The van der Waals surface area contributed by atoms with Crippen LogP contribution in [0.4, 0.5) is 14.9 Å². The normalized spacial score (nSPS) is 15.9. The molecule has 0 aliphatic carbocycles. The lowest BCUT2D eigenvalue weighted by Gasteiger charge is -2.27. The van der Waals surface area contributed by atoms with Gasteiger partial charge in [-0.3, -0.25) is 9.48 Å². The van der Waals surface area contributed by atoms with E-state index >= 15 is 0 Å². The lowest BCUT2D eigenvalue weighted by molar-refractivity contribution is 0.0948. The van der Waals surface area contributed by atoms with Crippen molar-refractivity contribution in [3.05, 3.63) is 46.5 Å². The number of fused-ring (bicyclic) bond motifs is 3. The lowest BCUT2D eigenvalue weighted by atomic mass is 10.1. The van der Waals surface area contributed by atoms with Gasteiger partial charge in [0.25, 0.3) is 5.91 Å². The molecule has 1 aromatic heterocycles. The van der Waals surface area contributed by atoms with Crippen LogP contribution in [-0.4, -0.2) is 39.7 Å². The highest BCUT2D eigenvalue weighted by Crippen LogP contribution is 2.24. The topological polar surface area (TPSA) is 103 Å². The van der Waals surface area contributed by atoms with Crippen molar-refractivity contribution >= 4 is 17.6 Å². The zero-order valence-electron chi connectivity index (χ0n) is 14.5. The Morgan fingerprint density at radius 1 is 1.37 bits per heavy atom. The first-order valence-electron chi connectivity index (χ1n) is 8.69. The number of benzene rings is 1. The SMILES string of the molecule is N#Cc1cc(NC(=O)N2CCc3nn4c(c3C2)C(=O)NCCC4)ccc1F. The number of carbonyl (C=O) groups excluding carboxylic acids is 2. The molecule has 3 heterocycles. The van der Waals surface area contributed by atoms with Gasteiger partial charge >= 0.3 is 6.03 Å². The Morgan fingerprint density at radius 2 is 2.22 bits per heavy atom. The van der Waals surface area contributed by atoms with Gasteiger partial charge in [-0.15, -0.1) is 0 Å². The highest BCUT2D eigenvalue weighted by molar-refractivity contribution is 5.95. The third kappa shape index (κ3) is 3.10. The molecule has 138 valence electrons. The second-order valence-electron chi connectivity index (χ2n) is 6.51. The van der Waals surface area contributed by atoms with Crippen LogP contribution in [0.15, 0.2) is 18.2 Å². The molecular formula is C18H17FN6O2. The maximum Gasteiger partial charge on any atom is 0.322 e. The molecule has 3 amide bonds. The molecule has 1 aromatic carbocycles. The van der Waals surface area contributed by atoms with Gasteiger partial charge < -0.3 is 15.5 Å². The van der Waals surface area contributed by atoms with Gasteiger partial charge in [0.2, 0.25) is 0 Å². The number of hydrogen-bond donors (Lipinski definition) is 2. The molecule has 4 rings (SSSR count). The number of nitrogens with one attached hydrogen (secondary N) is 2. The molecule has 0 unspecified atom stereocenters. The summed E-state index contributed by atoms with van der Waals surface area (Å²) in [7, 11) is 0. The summed E-state index contributed by atoms with van der Waals surface area (Å²) in [5, 5.41) is 19.0. The third-order valence-electron chi connectivity index (χ3n) is 4.77. The Morgan fingerprint density at radius 3 is 3.04 bits per heavy atom. The number of amides is 3. The molecule has 0 saturated heterocycles. The van der Waals surface area contributed by atoms with Crippen molar-refractivity contribution in [3.8, 4) is 6.07 Å². The second-order valence-corrected chi connectivity index (χ2v) is 6.51. The van der Waals surface area contributed by atoms with E-state index in [2.05, 4.69) is 15.7 Å². The molecule has 2 aliphatic heterocycles. The number of carbonyl (C=O) groups is 2. The van der Waals surface area contributed by atoms with E-state index in [4.69, 9.17) is 5.26 Å². The number of hydrogen-bond acceptors (Lipinski definition) is 4. The van der Waals surface area contributed by atoms with Gasteiger partial charge in [0.05, 0.1) is 17.8 Å². The van der Waals surface area contributed by atoms with Crippen molar-refractivity contribution in [1.29, 1.82) is 5.26 Å². The van der Waals surface area contributed by atoms with Crippen LogP contribution in [0.1, 0.15) is 33.7 Å². The van der Waals surface area contributed by atoms with E-state index in [1.807, 2.05) is 0 Å². The summed E-state index contributed by atoms with van der Waals surface area (Å²) in [4.78, 5) is 26.5. The van der Waals surface area contributed by atoms with E-state index in [1.54, 1.807) is 15.7 Å². The van der Waals surface area contributed by atoms with Crippen molar-refractivity contribution in [3.63, 3.8) is 0 Å². The predicted molar refractivity (Wildman–Crippen MR) is 93.4 cm³/mol. The van der Waals surface area contributed by atoms with E-state index in [-0.39, 0.29) is 24.0 Å². The van der Waals surface area contributed by atoms with Gasteiger partial charge in [0.1, 0.15) is 17.6 Å². The van der Waals surface area contributed by atoms with Gasteiger partial charge in [-0.1, -0.05) is 0 Å². The van der Waals surface area contributed by atoms with E-state index in [0.717, 1.165) is 23.7 Å². The summed E-state index contributed by atoms with van der Waals surface area (Å²) in [5.74, 6) is -0.799. The average Bonchev–Trinajstić information content (AvgIpc) is 2.93. The minimum absolute atomic E-state index is 0.132. The molecule has 9 heteroatoms. The average molecular weight is 368 g/mol. The number of halogens is 1. The van der Waals surface area contributed by atoms with Crippen LogP contribution in [0, 0.1) is 17.1 Å². The highest BCUT2D eigenvalue weighted by Gasteiger charge is 2.31. The van der Waals surface area contributed by atoms with E-state index < -0.39 is 5.82 Å². The van der Waals surface area contributed by atoms with Gasteiger partial charge in [-0.25, -0.2) is 9.18 Å². The van der Waals surface area contributed by atoms with Crippen LogP contribution in [0.2, 0.25) is 0 Å². The number of nitriles is 1. The van der Waals surface area contributed by atoms with Gasteiger partial charge in [-0.05, 0) is 24.6 Å². The van der Waals surface area contributed by atoms with Crippen LogP contribution >= 0.6 is 0 Å². The number of anilines is 1. The standard InChI is InChI=1S/C18H17FN6O2/c19-14-3-2-12(8-11(14)9-20)22-18(27)24-7-4-15-13(10-24)16-17(26)21-5-1-6-25(16)23-15/h2-3,8H,1,4-7,10H2,(H,21,26)(H,22,27). The van der Waals surface area contributed by atoms with E-state index in [1.165, 1.54) is 12.1 Å². The van der Waals surface area contributed by atoms with Crippen LogP contribution in [-0.2, 0) is 19.5 Å². The number of nitrogens with zero attached hydrogens (tertiary/aromatic N) is 4. The Labute approximate surface area is 154 Å². The lowest BCUT2D eigenvalue weighted by Crippen LogP contribution is -2.39. The Hall–Kier alpha value is -3.41. The van der Waals surface area contributed by atoms with Crippen molar-refractivity contribution in [1.82, 2.24) is 20.0 Å². The van der Waals surface area contributed by atoms with Crippen molar-refractivity contribution in [2.75, 3.05) is 18.4 Å². The molecule has 2 N–H and O–H groups in total. The fourth-order valence-corrected chi connectivity index (χ4v) is 3.42. The Bertz CT molecular complexity index is 977. The molecule has 27 heavy (non-hydrogen) atoms. The molecule has 0 atom stereocenters. The molecule has 0 radical (unpaired) electrons. The number of rotatable bonds is 1. The molecule has 2 aliphatic rings. The van der Waals surface area contributed by atoms with E-state index in [9.17, 15) is 14.0 Å². The molecule has 0 fully saturated rings. The molecule has 0 spiro atoms. The van der Waals surface area contributed by atoms with Crippen LogP contribution < -0.4 is 10.6 Å². The summed E-state index contributed by atoms with van der Waals surface area (Å²) in [6, 6.07) is 5.22. The Kier molecular flexibility index (Phi) is 4.24. The summed E-state index contributed by atoms with van der Waals surface area (Å²) < 4.78 is 15.2. The second kappa shape index (κ2) is 6.72. The minimum Gasteiger partial charge on any atom is -0.351 e. The van der Waals surface area contributed by atoms with Crippen molar-refractivity contribution in [2.45, 2.75) is 25.9 Å². The van der Waals surface area contributed by atoms with Gasteiger partial charge in [0, 0.05) is 37.3 Å². The number of urea groups is 1. The van der Waals surface area contributed by atoms with E-state index in [0.29, 0.717) is 37.4 Å².